The average Bonchev–Trinajstić information content (AvgIpc) is 3.20. The number of aliphatic hydroxyl groups excluding tert-OH is 1. The van der Waals surface area contributed by atoms with Crippen LogP contribution in [0.3, 0.4) is 0 Å². The fourth-order valence-electron chi connectivity index (χ4n) is 4.07. The largest absolute Gasteiger partial charge is 0.383 e. The van der Waals surface area contributed by atoms with Gasteiger partial charge >= 0.3 is 5.69 Å². The van der Waals surface area contributed by atoms with Crippen molar-refractivity contribution in [1.82, 2.24) is 9.55 Å². The number of rotatable bonds is 15. The molecule has 1 fully saturated rings. The summed E-state index contributed by atoms with van der Waals surface area (Å²) in [5.74, 6) is -0.359. The molecule has 1 aliphatic rings. The van der Waals surface area contributed by atoms with Crippen molar-refractivity contribution in [3.05, 3.63) is 43.0 Å². The molecule has 1 aromatic heterocycles. The Morgan fingerprint density at radius 2 is 1.85 bits per heavy atom. The number of carbonyl (C=O) groups is 1. The van der Waals surface area contributed by atoms with Crippen LogP contribution in [0, 0.1) is 6.92 Å². The van der Waals surface area contributed by atoms with Crippen molar-refractivity contribution in [2.75, 3.05) is 4.43 Å². The van der Waals surface area contributed by atoms with Crippen LogP contribution in [0.4, 0.5) is 0 Å². The van der Waals surface area contributed by atoms with Gasteiger partial charge in [-0.2, -0.15) is 0 Å². The molecule has 1 saturated heterocycles. The topological polar surface area (TPSA) is 150 Å². The predicted octanol–water partition coefficient (Wildman–Crippen LogP) is 4.08. The Labute approximate surface area is 206 Å². The van der Waals surface area contributed by atoms with Crippen molar-refractivity contribution < 1.29 is 14.6 Å². The molecular formula is C22H34IN5O5. The minimum atomic E-state index is -1.44. The molecule has 2 N–H and O–H groups in total. The van der Waals surface area contributed by atoms with Crippen molar-refractivity contribution in [3.63, 3.8) is 0 Å². The first-order chi connectivity index (χ1) is 15.9. The number of hydrogen-bond donors (Lipinski definition) is 2. The lowest BCUT2D eigenvalue weighted by Crippen LogP contribution is -2.39. The first kappa shape index (κ1) is 27.6. The maximum Gasteiger partial charge on any atom is 0.330 e. The molecule has 0 amide bonds. The Hall–Kier alpha value is -1.69. The lowest BCUT2D eigenvalue weighted by molar-refractivity contribution is -0.137. The lowest BCUT2D eigenvalue weighted by Gasteiger charge is -2.21. The average molecular weight is 575 g/mol. The van der Waals surface area contributed by atoms with Crippen LogP contribution in [0.15, 0.2) is 20.9 Å². The number of Topliss-reactive ketones (excluding diaryl/α,β-unsaturated/α-hetero) is 1. The van der Waals surface area contributed by atoms with Crippen LogP contribution in [0.5, 0.6) is 0 Å². The molecule has 0 aromatic carbocycles. The molecule has 0 saturated carbocycles. The van der Waals surface area contributed by atoms with Crippen molar-refractivity contribution in [2.24, 2.45) is 5.11 Å². The molecule has 0 aliphatic carbocycles. The van der Waals surface area contributed by atoms with Crippen molar-refractivity contribution >= 4 is 28.4 Å². The Balaban J connectivity index is 1.83. The summed E-state index contributed by atoms with van der Waals surface area (Å²) >= 11 is 2.41. The third-order valence-corrected chi connectivity index (χ3v) is 6.75. The van der Waals surface area contributed by atoms with Crippen molar-refractivity contribution in [1.29, 1.82) is 0 Å². The van der Waals surface area contributed by atoms with Gasteiger partial charge in [0.05, 0.1) is 6.04 Å². The molecule has 1 aromatic rings. The SMILES string of the molecule is Cc1cn([C@H]2C[C@H](N=[N+]=[N-])[C@@H](C(O)C(=O)CCCCCCCCCCCI)O2)c(=O)[nH]c1=O. The number of azide groups is 1. The third-order valence-electron chi connectivity index (χ3n) is 5.99. The summed E-state index contributed by atoms with van der Waals surface area (Å²) < 4.78 is 8.19. The van der Waals surface area contributed by atoms with Gasteiger partial charge in [0.1, 0.15) is 18.4 Å². The number of nitrogens with zero attached hydrogens (tertiary/aromatic N) is 4. The van der Waals surface area contributed by atoms with Crippen LogP contribution >= 0.6 is 22.6 Å². The number of alkyl halides is 1. The van der Waals surface area contributed by atoms with E-state index in [1.54, 1.807) is 6.92 Å². The maximum absolute atomic E-state index is 12.5. The highest BCUT2D eigenvalue weighted by molar-refractivity contribution is 14.1. The second-order valence-corrected chi connectivity index (χ2v) is 9.65. The summed E-state index contributed by atoms with van der Waals surface area (Å²) in [6.07, 6.45) is 8.53. The molecule has 0 radical (unpaired) electrons. The van der Waals surface area contributed by atoms with Crippen LogP contribution < -0.4 is 11.2 Å². The van der Waals surface area contributed by atoms with Gasteiger partial charge in [-0.1, -0.05) is 72.7 Å². The first-order valence-electron chi connectivity index (χ1n) is 11.7. The van der Waals surface area contributed by atoms with E-state index >= 15 is 0 Å². The zero-order valence-electron chi connectivity index (χ0n) is 19.1. The summed E-state index contributed by atoms with van der Waals surface area (Å²) in [5.41, 5.74) is 8.04. The Morgan fingerprint density at radius 1 is 1.24 bits per heavy atom. The standard InChI is InChI=1S/C22H34IN5O5/c1-15-14-28(22(32)25-21(15)31)18-13-16(26-27-24)20(33-18)19(30)17(29)11-9-7-5-3-2-4-6-8-10-12-23/h14,16,18-20,30H,2-13H2,1H3,(H,25,31,32)/t16-,18+,19?,20-/m0/s1. The molecule has 184 valence electrons. The zero-order chi connectivity index (χ0) is 24.2. The molecule has 2 heterocycles. The minimum absolute atomic E-state index is 0.113. The molecule has 1 aliphatic heterocycles. The quantitative estimate of drug-likeness (QED) is 0.0807. The molecule has 2 rings (SSSR count). The normalized spacial score (nSPS) is 21.0. The first-order valence-corrected chi connectivity index (χ1v) is 13.2. The number of aromatic nitrogens is 2. The highest BCUT2D eigenvalue weighted by Gasteiger charge is 2.42. The minimum Gasteiger partial charge on any atom is -0.383 e. The molecule has 11 heteroatoms. The van der Waals surface area contributed by atoms with Gasteiger partial charge in [0.25, 0.3) is 5.56 Å². The number of aromatic amines is 1. The van der Waals surface area contributed by atoms with Gasteiger partial charge in [-0.25, -0.2) is 4.79 Å². The smallest absolute Gasteiger partial charge is 0.330 e. The van der Waals surface area contributed by atoms with Gasteiger partial charge in [0, 0.05) is 29.5 Å². The second kappa shape index (κ2) is 14.5. The summed E-state index contributed by atoms with van der Waals surface area (Å²) in [7, 11) is 0. The van der Waals surface area contributed by atoms with Crippen LogP contribution in [-0.4, -0.2) is 43.1 Å². The number of carbonyl (C=O) groups excluding carboxylic acids is 1. The lowest BCUT2D eigenvalue weighted by atomic mass is 9.98. The van der Waals surface area contributed by atoms with E-state index in [-0.39, 0.29) is 18.6 Å². The molecule has 0 bridgehead atoms. The van der Waals surface area contributed by atoms with E-state index in [1.165, 1.54) is 47.3 Å². The summed E-state index contributed by atoms with van der Waals surface area (Å²) in [6, 6.07) is -0.801. The number of ketones is 1. The predicted molar refractivity (Wildman–Crippen MR) is 134 cm³/mol. The highest BCUT2D eigenvalue weighted by Crippen LogP contribution is 2.32. The fourth-order valence-corrected chi connectivity index (χ4v) is 4.61. The monoisotopic (exact) mass is 575 g/mol. The Kier molecular flexibility index (Phi) is 12.1. The number of unbranched alkanes of at least 4 members (excludes halogenated alkanes) is 8. The van der Waals surface area contributed by atoms with Gasteiger partial charge in [0.2, 0.25) is 0 Å². The molecule has 33 heavy (non-hydrogen) atoms. The molecule has 1 unspecified atom stereocenters. The molecule has 0 spiro atoms. The summed E-state index contributed by atoms with van der Waals surface area (Å²) in [6.45, 7) is 1.55. The maximum atomic E-state index is 12.5. The Morgan fingerprint density at radius 3 is 2.45 bits per heavy atom. The van der Waals surface area contributed by atoms with Gasteiger partial charge in [-0.15, -0.1) is 0 Å². The fraction of sp³-hybridized carbons (Fsp3) is 0.773. The van der Waals surface area contributed by atoms with E-state index in [4.69, 9.17) is 10.3 Å². The van der Waals surface area contributed by atoms with E-state index in [0.717, 1.165) is 19.3 Å². The van der Waals surface area contributed by atoms with Crippen LogP contribution in [0.2, 0.25) is 0 Å². The van der Waals surface area contributed by atoms with E-state index in [1.807, 2.05) is 0 Å². The Bertz CT molecular complexity index is 926. The molecule has 4 atom stereocenters. The molecular weight excluding hydrogens is 541 g/mol. The zero-order valence-corrected chi connectivity index (χ0v) is 21.3. The van der Waals surface area contributed by atoms with Crippen LogP contribution in [0.1, 0.15) is 82.4 Å². The van der Waals surface area contributed by atoms with E-state index in [0.29, 0.717) is 12.0 Å². The van der Waals surface area contributed by atoms with Gasteiger partial charge in [-0.05, 0) is 29.7 Å². The van der Waals surface area contributed by atoms with E-state index in [2.05, 4.69) is 37.6 Å². The van der Waals surface area contributed by atoms with Crippen LogP contribution in [-0.2, 0) is 9.53 Å². The van der Waals surface area contributed by atoms with E-state index in [9.17, 15) is 19.5 Å². The van der Waals surface area contributed by atoms with Gasteiger partial charge < -0.3 is 9.84 Å². The van der Waals surface area contributed by atoms with Crippen LogP contribution in [0.25, 0.3) is 10.4 Å². The van der Waals surface area contributed by atoms with Crippen molar-refractivity contribution in [3.8, 4) is 0 Å². The summed E-state index contributed by atoms with van der Waals surface area (Å²) in [5, 5.41) is 14.3. The molecule has 10 nitrogen and oxygen atoms in total. The van der Waals surface area contributed by atoms with E-state index < -0.39 is 35.7 Å². The number of nitrogens with one attached hydrogen (secondary N) is 1. The van der Waals surface area contributed by atoms with Gasteiger partial charge in [-0.3, -0.25) is 19.1 Å². The highest BCUT2D eigenvalue weighted by atomic mass is 127. The number of hydrogen-bond acceptors (Lipinski definition) is 6. The number of aliphatic hydroxyl groups is 1. The second-order valence-electron chi connectivity index (χ2n) is 8.57. The number of halogens is 1. The number of aryl methyl sites for hydroxylation is 1. The van der Waals surface area contributed by atoms with Crippen molar-refractivity contribution in [2.45, 2.75) is 102 Å². The summed E-state index contributed by atoms with van der Waals surface area (Å²) in [4.78, 5) is 41.3. The third kappa shape index (κ3) is 8.55. The van der Waals surface area contributed by atoms with Gasteiger partial charge in [0.15, 0.2) is 5.78 Å². The number of H-pyrrole nitrogens is 1. The number of ether oxygens (including phenoxy) is 1.